The van der Waals surface area contributed by atoms with Gasteiger partial charge in [0.05, 0.1) is 5.02 Å². The summed E-state index contributed by atoms with van der Waals surface area (Å²) in [6.07, 6.45) is 2.08. The van der Waals surface area contributed by atoms with E-state index in [9.17, 15) is 12.8 Å². The van der Waals surface area contributed by atoms with Gasteiger partial charge in [-0.05, 0) is 43.4 Å². The Bertz CT molecular complexity index is 591. The van der Waals surface area contributed by atoms with Crippen molar-refractivity contribution in [2.45, 2.75) is 30.7 Å². The first-order chi connectivity index (χ1) is 8.81. The molecule has 1 saturated carbocycles. The molecule has 4 nitrogen and oxygen atoms in total. The van der Waals surface area contributed by atoms with Gasteiger partial charge in [-0.3, -0.25) is 0 Å². The Hall–Kier alpha value is -0.400. The van der Waals surface area contributed by atoms with Crippen molar-refractivity contribution in [2.75, 3.05) is 6.54 Å². The van der Waals surface area contributed by atoms with Crippen LogP contribution in [-0.4, -0.2) is 21.0 Å². The van der Waals surface area contributed by atoms with Crippen LogP contribution in [0.2, 0.25) is 5.02 Å². The maximum Gasteiger partial charge on any atom is 0.242 e. The van der Waals surface area contributed by atoms with Crippen LogP contribution >= 0.6 is 24.0 Å². The topological polar surface area (TPSA) is 72.2 Å². The van der Waals surface area contributed by atoms with E-state index in [0.29, 0.717) is 5.92 Å². The van der Waals surface area contributed by atoms with Crippen LogP contribution in [0.3, 0.4) is 0 Å². The molecule has 0 bridgehead atoms. The zero-order chi connectivity index (χ0) is 14.2. The molecule has 0 saturated heterocycles. The molecular formula is C12H17Cl2FN2O2S. The van der Waals surface area contributed by atoms with Crippen molar-refractivity contribution in [1.82, 2.24) is 4.72 Å². The molecule has 0 aliphatic heterocycles. The summed E-state index contributed by atoms with van der Waals surface area (Å²) in [4.78, 5) is -0.115. The SMILES string of the molecule is Cc1cc(S(=O)(=O)NCC(N)C2CC2)c(Cl)cc1F.Cl. The summed E-state index contributed by atoms with van der Waals surface area (Å²) in [7, 11) is -3.76. The summed E-state index contributed by atoms with van der Waals surface area (Å²) in [5, 5.41) is -0.129. The predicted molar refractivity (Wildman–Crippen MR) is 79.3 cm³/mol. The first-order valence-electron chi connectivity index (χ1n) is 6.02. The highest BCUT2D eigenvalue weighted by molar-refractivity contribution is 7.89. The number of sulfonamides is 1. The molecule has 1 aliphatic carbocycles. The third kappa shape index (κ3) is 4.05. The van der Waals surface area contributed by atoms with Crippen LogP contribution in [0.25, 0.3) is 0 Å². The zero-order valence-electron chi connectivity index (χ0n) is 10.9. The van der Waals surface area contributed by atoms with Crippen LogP contribution in [-0.2, 0) is 10.0 Å². The average molecular weight is 343 g/mol. The summed E-state index contributed by atoms with van der Waals surface area (Å²) in [6, 6.07) is 2.05. The monoisotopic (exact) mass is 342 g/mol. The second kappa shape index (κ2) is 6.58. The maximum absolute atomic E-state index is 13.3. The minimum absolute atomic E-state index is 0. The molecular weight excluding hydrogens is 326 g/mol. The van der Waals surface area contributed by atoms with Gasteiger partial charge in [0.25, 0.3) is 0 Å². The number of nitrogens with two attached hydrogens (primary N) is 1. The van der Waals surface area contributed by atoms with Gasteiger partial charge in [-0.1, -0.05) is 11.6 Å². The summed E-state index contributed by atoms with van der Waals surface area (Å²) in [5.74, 6) is -0.133. The number of nitrogens with one attached hydrogen (secondary N) is 1. The molecule has 1 fully saturated rings. The number of hydrogen-bond donors (Lipinski definition) is 2. The lowest BCUT2D eigenvalue weighted by Crippen LogP contribution is -2.38. The van der Waals surface area contributed by atoms with Crippen LogP contribution in [0.1, 0.15) is 18.4 Å². The lowest BCUT2D eigenvalue weighted by atomic mass is 10.2. The molecule has 0 spiro atoms. The summed E-state index contributed by atoms with van der Waals surface area (Å²) in [5.41, 5.74) is 6.07. The largest absolute Gasteiger partial charge is 0.326 e. The van der Waals surface area contributed by atoms with E-state index in [1.165, 1.54) is 13.0 Å². The standard InChI is InChI=1S/C12H16ClFN2O2S.ClH/c1-7-4-12(9(13)5-10(7)14)19(17,18)16-6-11(15)8-2-3-8;/h4-5,8,11,16H,2-3,6,15H2,1H3;1H. The lowest BCUT2D eigenvalue weighted by Gasteiger charge is -2.13. The second-order valence-corrected chi connectivity index (χ2v) is 7.03. The zero-order valence-corrected chi connectivity index (χ0v) is 13.3. The predicted octanol–water partition coefficient (Wildman–Crippen LogP) is 2.22. The Balaban J connectivity index is 0.00000200. The molecule has 114 valence electrons. The number of rotatable bonds is 5. The third-order valence-electron chi connectivity index (χ3n) is 3.24. The van der Waals surface area contributed by atoms with Gasteiger partial charge >= 0.3 is 0 Å². The molecule has 3 N–H and O–H groups in total. The Morgan fingerprint density at radius 2 is 2.10 bits per heavy atom. The molecule has 0 aromatic heterocycles. The third-order valence-corrected chi connectivity index (χ3v) is 5.13. The number of halogens is 3. The highest BCUT2D eigenvalue weighted by Crippen LogP contribution is 2.31. The molecule has 0 radical (unpaired) electrons. The highest BCUT2D eigenvalue weighted by Gasteiger charge is 2.29. The smallest absolute Gasteiger partial charge is 0.242 e. The van der Waals surface area contributed by atoms with Crippen molar-refractivity contribution in [2.24, 2.45) is 11.7 Å². The highest BCUT2D eigenvalue weighted by atomic mass is 35.5. The number of hydrogen-bond acceptors (Lipinski definition) is 3. The van der Waals surface area contributed by atoms with Crippen LogP contribution in [0.4, 0.5) is 4.39 Å². The maximum atomic E-state index is 13.3. The first-order valence-corrected chi connectivity index (χ1v) is 7.88. The molecule has 1 atom stereocenters. The van der Waals surface area contributed by atoms with Gasteiger partial charge in [0.2, 0.25) is 10.0 Å². The van der Waals surface area contributed by atoms with Gasteiger partial charge in [-0.15, -0.1) is 12.4 Å². The Morgan fingerprint density at radius 1 is 1.50 bits per heavy atom. The molecule has 1 aromatic carbocycles. The van der Waals surface area contributed by atoms with Crippen molar-refractivity contribution < 1.29 is 12.8 Å². The van der Waals surface area contributed by atoms with Crippen molar-refractivity contribution in [3.8, 4) is 0 Å². The van der Waals surface area contributed by atoms with Crippen molar-refractivity contribution in [1.29, 1.82) is 0 Å². The molecule has 1 aromatic rings. The van der Waals surface area contributed by atoms with Gasteiger partial charge in [0.15, 0.2) is 0 Å². The average Bonchev–Trinajstić information content (AvgIpc) is 3.14. The molecule has 0 amide bonds. The van der Waals surface area contributed by atoms with Crippen LogP contribution < -0.4 is 10.5 Å². The summed E-state index contributed by atoms with van der Waals surface area (Å²) < 4.78 is 39.9. The fourth-order valence-electron chi connectivity index (χ4n) is 1.81. The summed E-state index contributed by atoms with van der Waals surface area (Å²) >= 11 is 5.79. The quantitative estimate of drug-likeness (QED) is 0.861. The minimum Gasteiger partial charge on any atom is -0.326 e. The molecule has 1 unspecified atom stereocenters. The van der Waals surface area contributed by atoms with Crippen LogP contribution in [0.15, 0.2) is 17.0 Å². The van der Waals surface area contributed by atoms with E-state index in [0.717, 1.165) is 18.9 Å². The van der Waals surface area contributed by atoms with E-state index in [2.05, 4.69) is 4.72 Å². The van der Waals surface area contributed by atoms with E-state index >= 15 is 0 Å². The molecule has 2 rings (SSSR count). The minimum atomic E-state index is -3.76. The van der Waals surface area contributed by atoms with E-state index in [-0.39, 0.29) is 40.5 Å². The van der Waals surface area contributed by atoms with Gasteiger partial charge in [-0.25, -0.2) is 17.5 Å². The van der Waals surface area contributed by atoms with Crippen molar-refractivity contribution in [3.63, 3.8) is 0 Å². The Labute approximate surface area is 129 Å². The fraction of sp³-hybridized carbons (Fsp3) is 0.500. The van der Waals surface area contributed by atoms with Crippen molar-refractivity contribution in [3.05, 3.63) is 28.5 Å². The van der Waals surface area contributed by atoms with Crippen LogP contribution in [0, 0.1) is 18.7 Å². The Morgan fingerprint density at radius 3 is 2.65 bits per heavy atom. The van der Waals surface area contributed by atoms with Gasteiger partial charge in [0.1, 0.15) is 10.7 Å². The van der Waals surface area contributed by atoms with E-state index in [4.69, 9.17) is 17.3 Å². The second-order valence-electron chi connectivity index (χ2n) is 4.88. The van der Waals surface area contributed by atoms with E-state index in [1.807, 2.05) is 0 Å². The summed E-state index contributed by atoms with van der Waals surface area (Å²) in [6.45, 7) is 1.65. The molecule has 0 heterocycles. The first kappa shape index (κ1) is 17.7. The van der Waals surface area contributed by atoms with Crippen LogP contribution in [0.5, 0.6) is 0 Å². The van der Waals surface area contributed by atoms with E-state index < -0.39 is 15.8 Å². The molecule has 1 aliphatic rings. The molecule has 8 heteroatoms. The normalized spacial score (nSPS) is 16.6. The van der Waals surface area contributed by atoms with Gasteiger partial charge < -0.3 is 5.73 Å². The van der Waals surface area contributed by atoms with E-state index in [1.54, 1.807) is 0 Å². The Kier molecular flexibility index (Phi) is 5.80. The van der Waals surface area contributed by atoms with Gasteiger partial charge in [-0.2, -0.15) is 0 Å². The molecule has 20 heavy (non-hydrogen) atoms. The van der Waals surface area contributed by atoms with Crippen molar-refractivity contribution >= 4 is 34.0 Å². The lowest BCUT2D eigenvalue weighted by molar-refractivity contribution is 0.547. The fourth-order valence-corrected chi connectivity index (χ4v) is 3.48. The number of benzene rings is 1. The number of aryl methyl sites for hydroxylation is 1. The van der Waals surface area contributed by atoms with Gasteiger partial charge in [0, 0.05) is 12.6 Å².